The number of carbonyl (C=O) groups is 2. The van der Waals surface area contributed by atoms with E-state index in [2.05, 4.69) is 6.92 Å². The first kappa shape index (κ1) is 17.0. The fourth-order valence-electron chi connectivity index (χ4n) is 3.05. The van der Waals surface area contributed by atoms with E-state index < -0.39 is 11.9 Å². The lowest BCUT2D eigenvalue weighted by Gasteiger charge is -2.19. The molecule has 0 aromatic heterocycles. The van der Waals surface area contributed by atoms with Gasteiger partial charge in [0, 0.05) is 19.5 Å². The second-order valence-electron chi connectivity index (χ2n) is 5.99. The molecular weight excluding hydrogens is 256 g/mol. The van der Waals surface area contributed by atoms with E-state index in [1.54, 1.807) is 4.90 Å². The standard InChI is InChI=1S/C15H28N2O3/c1-3-4-12(7-8-16)5-6-14(18)17-9-11(2)13(10-17)15(19)20/h11-13H,3-10,16H2,1-2H3,(H,19,20). The number of amides is 1. The lowest BCUT2D eigenvalue weighted by atomic mass is 9.94. The second-order valence-corrected chi connectivity index (χ2v) is 5.99. The van der Waals surface area contributed by atoms with Gasteiger partial charge in [-0.25, -0.2) is 0 Å². The van der Waals surface area contributed by atoms with Crippen LogP contribution in [0.2, 0.25) is 0 Å². The number of aliphatic carboxylic acids is 1. The van der Waals surface area contributed by atoms with E-state index in [0.29, 0.717) is 32.0 Å². The molecule has 0 saturated carbocycles. The van der Waals surface area contributed by atoms with Gasteiger partial charge in [0.25, 0.3) is 0 Å². The molecule has 1 saturated heterocycles. The number of carboxylic acid groups (broad SMARTS) is 1. The number of nitrogens with zero attached hydrogens (tertiary/aromatic N) is 1. The molecule has 1 rings (SSSR count). The third kappa shape index (κ3) is 4.78. The van der Waals surface area contributed by atoms with Gasteiger partial charge >= 0.3 is 5.97 Å². The fraction of sp³-hybridized carbons (Fsp3) is 0.867. The van der Waals surface area contributed by atoms with Crippen LogP contribution in [0, 0.1) is 17.8 Å². The first-order valence-corrected chi connectivity index (χ1v) is 7.70. The highest BCUT2D eigenvalue weighted by Crippen LogP contribution is 2.25. The van der Waals surface area contributed by atoms with Gasteiger partial charge in [-0.2, -0.15) is 0 Å². The van der Waals surface area contributed by atoms with E-state index >= 15 is 0 Å². The van der Waals surface area contributed by atoms with Gasteiger partial charge in [-0.05, 0) is 31.2 Å². The van der Waals surface area contributed by atoms with Crippen LogP contribution in [-0.4, -0.2) is 41.5 Å². The van der Waals surface area contributed by atoms with E-state index in [9.17, 15) is 9.59 Å². The van der Waals surface area contributed by atoms with Crippen LogP contribution in [0.4, 0.5) is 0 Å². The van der Waals surface area contributed by atoms with E-state index in [-0.39, 0.29) is 11.8 Å². The second kappa shape index (κ2) is 8.25. The van der Waals surface area contributed by atoms with Gasteiger partial charge in [0.2, 0.25) is 5.91 Å². The molecule has 116 valence electrons. The van der Waals surface area contributed by atoms with Gasteiger partial charge < -0.3 is 15.7 Å². The Balaban J connectivity index is 2.41. The van der Waals surface area contributed by atoms with Crippen molar-refractivity contribution in [1.82, 2.24) is 4.90 Å². The molecule has 0 spiro atoms. The lowest BCUT2D eigenvalue weighted by molar-refractivity contribution is -0.142. The Bertz CT molecular complexity index is 327. The monoisotopic (exact) mass is 284 g/mol. The van der Waals surface area contributed by atoms with Crippen LogP contribution >= 0.6 is 0 Å². The highest BCUT2D eigenvalue weighted by atomic mass is 16.4. The Morgan fingerprint density at radius 2 is 2.00 bits per heavy atom. The number of carbonyl (C=O) groups excluding carboxylic acids is 1. The van der Waals surface area contributed by atoms with Gasteiger partial charge in [0.15, 0.2) is 0 Å². The fourth-order valence-corrected chi connectivity index (χ4v) is 3.05. The summed E-state index contributed by atoms with van der Waals surface area (Å²) < 4.78 is 0. The van der Waals surface area contributed by atoms with Crippen LogP contribution in [0.5, 0.6) is 0 Å². The van der Waals surface area contributed by atoms with Crippen molar-refractivity contribution in [2.45, 2.75) is 46.0 Å². The van der Waals surface area contributed by atoms with Crippen molar-refractivity contribution in [2.24, 2.45) is 23.5 Å². The average molecular weight is 284 g/mol. The van der Waals surface area contributed by atoms with Crippen molar-refractivity contribution in [3.05, 3.63) is 0 Å². The Hall–Kier alpha value is -1.10. The summed E-state index contributed by atoms with van der Waals surface area (Å²) in [6.07, 6.45) is 4.57. The number of rotatable bonds is 8. The summed E-state index contributed by atoms with van der Waals surface area (Å²) in [6.45, 7) is 5.65. The summed E-state index contributed by atoms with van der Waals surface area (Å²) in [5.74, 6) is -0.538. The van der Waals surface area contributed by atoms with Crippen molar-refractivity contribution in [1.29, 1.82) is 0 Å². The summed E-state index contributed by atoms with van der Waals surface area (Å²) >= 11 is 0. The maximum absolute atomic E-state index is 12.2. The molecule has 1 amide bonds. The molecule has 5 nitrogen and oxygen atoms in total. The molecule has 3 atom stereocenters. The molecule has 1 heterocycles. The molecule has 0 aromatic rings. The largest absolute Gasteiger partial charge is 0.481 e. The van der Waals surface area contributed by atoms with Crippen molar-refractivity contribution < 1.29 is 14.7 Å². The van der Waals surface area contributed by atoms with Gasteiger partial charge in [-0.3, -0.25) is 9.59 Å². The predicted octanol–water partition coefficient (Wildman–Crippen LogP) is 1.71. The highest BCUT2D eigenvalue weighted by Gasteiger charge is 2.36. The molecule has 1 aliphatic rings. The molecule has 20 heavy (non-hydrogen) atoms. The molecule has 0 radical (unpaired) electrons. The number of hydrogen-bond acceptors (Lipinski definition) is 3. The van der Waals surface area contributed by atoms with Gasteiger partial charge in [-0.15, -0.1) is 0 Å². The van der Waals surface area contributed by atoms with E-state index in [1.807, 2.05) is 6.92 Å². The molecule has 0 aromatic carbocycles. The van der Waals surface area contributed by atoms with E-state index in [1.165, 1.54) is 0 Å². The molecule has 3 N–H and O–H groups in total. The zero-order chi connectivity index (χ0) is 15.1. The zero-order valence-electron chi connectivity index (χ0n) is 12.7. The zero-order valence-corrected chi connectivity index (χ0v) is 12.7. The van der Waals surface area contributed by atoms with Gasteiger partial charge in [0.05, 0.1) is 5.92 Å². The van der Waals surface area contributed by atoms with Crippen molar-refractivity contribution in [3.63, 3.8) is 0 Å². The summed E-state index contributed by atoms with van der Waals surface area (Å²) in [4.78, 5) is 25.0. The molecule has 5 heteroatoms. The minimum Gasteiger partial charge on any atom is -0.481 e. The number of likely N-dealkylation sites (tertiary alicyclic amines) is 1. The smallest absolute Gasteiger partial charge is 0.308 e. The van der Waals surface area contributed by atoms with Gasteiger partial charge in [0.1, 0.15) is 0 Å². The minimum atomic E-state index is -0.792. The number of nitrogens with two attached hydrogens (primary N) is 1. The molecule has 0 aliphatic carbocycles. The van der Waals surface area contributed by atoms with Crippen LogP contribution in [0.3, 0.4) is 0 Å². The third-order valence-electron chi connectivity index (χ3n) is 4.32. The maximum Gasteiger partial charge on any atom is 0.308 e. The first-order chi connectivity index (χ1) is 9.49. The average Bonchev–Trinajstić information content (AvgIpc) is 2.78. The SMILES string of the molecule is CCCC(CCN)CCC(=O)N1CC(C)C(C(=O)O)C1. The Morgan fingerprint density at radius 3 is 2.50 bits per heavy atom. The van der Waals surface area contributed by atoms with Crippen LogP contribution in [0.1, 0.15) is 46.0 Å². The Labute approximate surface area is 121 Å². The van der Waals surface area contributed by atoms with Crippen molar-refractivity contribution in [2.75, 3.05) is 19.6 Å². The normalized spacial score (nSPS) is 23.9. The summed E-state index contributed by atoms with van der Waals surface area (Å²) in [7, 11) is 0. The third-order valence-corrected chi connectivity index (χ3v) is 4.32. The summed E-state index contributed by atoms with van der Waals surface area (Å²) in [5, 5.41) is 9.09. The molecule has 1 aliphatic heterocycles. The van der Waals surface area contributed by atoms with Crippen LogP contribution < -0.4 is 5.73 Å². The quantitative estimate of drug-likeness (QED) is 0.710. The molecule has 0 bridgehead atoms. The van der Waals surface area contributed by atoms with E-state index in [4.69, 9.17) is 10.8 Å². The Morgan fingerprint density at radius 1 is 1.30 bits per heavy atom. The van der Waals surface area contributed by atoms with E-state index in [0.717, 1.165) is 25.7 Å². The Kier molecular flexibility index (Phi) is 6.99. The molecule has 1 fully saturated rings. The predicted molar refractivity (Wildman–Crippen MR) is 78.2 cm³/mol. The lowest BCUT2D eigenvalue weighted by Crippen LogP contribution is -2.30. The first-order valence-electron chi connectivity index (χ1n) is 7.70. The summed E-state index contributed by atoms with van der Waals surface area (Å²) in [5.41, 5.74) is 5.60. The minimum absolute atomic E-state index is 0.0481. The highest BCUT2D eigenvalue weighted by molar-refractivity contribution is 5.79. The van der Waals surface area contributed by atoms with Crippen molar-refractivity contribution >= 4 is 11.9 Å². The molecular formula is C15H28N2O3. The van der Waals surface area contributed by atoms with Crippen LogP contribution in [-0.2, 0) is 9.59 Å². The molecule has 3 unspecified atom stereocenters. The number of hydrogen-bond donors (Lipinski definition) is 2. The summed E-state index contributed by atoms with van der Waals surface area (Å²) in [6, 6.07) is 0. The van der Waals surface area contributed by atoms with Gasteiger partial charge in [-0.1, -0.05) is 26.7 Å². The number of carboxylic acids is 1. The maximum atomic E-state index is 12.2. The topological polar surface area (TPSA) is 83.6 Å². The van der Waals surface area contributed by atoms with Crippen molar-refractivity contribution in [3.8, 4) is 0 Å². The van der Waals surface area contributed by atoms with Crippen LogP contribution in [0.25, 0.3) is 0 Å². The van der Waals surface area contributed by atoms with Crippen LogP contribution in [0.15, 0.2) is 0 Å².